The summed E-state index contributed by atoms with van der Waals surface area (Å²) in [6, 6.07) is 10.6. The van der Waals surface area contributed by atoms with Gasteiger partial charge in [0.15, 0.2) is 11.5 Å². The Morgan fingerprint density at radius 1 is 1.14 bits per heavy atom. The second-order valence-electron chi connectivity index (χ2n) is 2.85. The molecule has 0 aromatic heterocycles. The molecule has 0 aliphatic carbocycles. The molecule has 0 radical (unpaired) electrons. The summed E-state index contributed by atoms with van der Waals surface area (Å²) in [5.41, 5.74) is 0. The van der Waals surface area contributed by atoms with Crippen LogP contribution in [0.4, 0.5) is 0 Å². The van der Waals surface area contributed by atoms with Crippen molar-refractivity contribution in [3.05, 3.63) is 36.4 Å². The molecule has 2 aromatic rings. The Morgan fingerprint density at radius 2 is 1.93 bits per heavy atom. The zero-order valence-electron chi connectivity index (χ0n) is 7.31. The summed E-state index contributed by atoms with van der Waals surface area (Å²) in [5.74, 6) is 0.175. The average molecular weight is 188 g/mol. The van der Waals surface area contributed by atoms with Crippen molar-refractivity contribution in [2.75, 3.05) is 0 Å². The Bertz CT molecular complexity index is 477. The second-order valence-corrected chi connectivity index (χ2v) is 2.85. The van der Waals surface area contributed by atoms with Crippen molar-refractivity contribution in [1.29, 1.82) is 0 Å². The van der Waals surface area contributed by atoms with Gasteiger partial charge in [-0.2, -0.15) is 0 Å². The van der Waals surface area contributed by atoms with Crippen molar-refractivity contribution in [2.24, 2.45) is 0 Å². The highest BCUT2D eigenvalue weighted by molar-refractivity contribution is 5.91. The Balaban J connectivity index is 2.75. The van der Waals surface area contributed by atoms with Crippen LogP contribution in [0.1, 0.15) is 0 Å². The highest BCUT2D eigenvalue weighted by atomic mass is 16.5. The van der Waals surface area contributed by atoms with E-state index in [-0.39, 0.29) is 11.5 Å². The van der Waals surface area contributed by atoms with E-state index < -0.39 is 0 Å². The molecule has 0 amide bonds. The molecular weight excluding hydrogens is 180 g/mol. The Hall–Kier alpha value is -2.03. The molecule has 0 fully saturated rings. The van der Waals surface area contributed by atoms with Crippen molar-refractivity contribution in [3.8, 4) is 11.5 Å². The minimum absolute atomic E-state index is 0.0317. The van der Waals surface area contributed by atoms with Gasteiger partial charge in [-0.15, -0.1) is 0 Å². The van der Waals surface area contributed by atoms with Gasteiger partial charge in [-0.3, -0.25) is 4.79 Å². The third kappa shape index (κ3) is 1.29. The van der Waals surface area contributed by atoms with Crippen LogP contribution >= 0.6 is 0 Å². The SMILES string of the molecule is O=COc1c(O)ccc2ccccc12. The van der Waals surface area contributed by atoms with Crippen LogP contribution in [0.25, 0.3) is 10.8 Å². The standard InChI is InChI=1S/C11H8O3/c12-7-14-11-9-4-2-1-3-8(9)5-6-10(11)13/h1-7,13H. The molecule has 0 aliphatic rings. The summed E-state index contributed by atoms with van der Waals surface area (Å²) in [5, 5.41) is 11.1. The third-order valence-corrected chi connectivity index (χ3v) is 2.02. The summed E-state index contributed by atoms with van der Waals surface area (Å²) in [6.07, 6.45) is 0. The van der Waals surface area contributed by atoms with Gasteiger partial charge in [-0.05, 0) is 11.5 Å². The molecule has 3 nitrogen and oxygen atoms in total. The maximum Gasteiger partial charge on any atom is 0.298 e. The number of phenolic OH excluding ortho intramolecular Hbond substituents is 1. The number of rotatable bonds is 2. The summed E-state index contributed by atoms with van der Waals surface area (Å²) >= 11 is 0. The molecule has 0 aliphatic heterocycles. The number of aromatic hydroxyl groups is 1. The molecule has 0 bridgehead atoms. The van der Waals surface area contributed by atoms with Crippen LogP contribution < -0.4 is 4.74 Å². The zero-order chi connectivity index (χ0) is 9.97. The fourth-order valence-corrected chi connectivity index (χ4v) is 1.40. The van der Waals surface area contributed by atoms with E-state index in [1.54, 1.807) is 12.1 Å². The molecule has 0 unspecified atom stereocenters. The Morgan fingerprint density at radius 3 is 2.71 bits per heavy atom. The number of hydrogen-bond donors (Lipinski definition) is 1. The van der Waals surface area contributed by atoms with E-state index in [2.05, 4.69) is 0 Å². The van der Waals surface area contributed by atoms with Crippen LogP contribution in [0.2, 0.25) is 0 Å². The number of ether oxygens (including phenoxy) is 1. The molecule has 1 N–H and O–H groups in total. The molecule has 0 atom stereocenters. The zero-order valence-corrected chi connectivity index (χ0v) is 7.31. The lowest BCUT2D eigenvalue weighted by atomic mass is 10.1. The van der Waals surface area contributed by atoms with Crippen molar-refractivity contribution in [3.63, 3.8) is 0 Å². The summed E-state index contributed by atoms with van der Waals surface area (Å²) in [6.45, 7) is 0.307. The Kier molecular flexibility index (Phi) is 2.07. The van der Waals surface area contributed by atoms with E-state index >= 15 is 0 Å². The maximum atomic E-state index is 10.2. The van der Waals surface area contributed by atoms with Gasteiger partial charge in [0.1, 0.15) is 0 Å². The van der Waals surface area contributed by atoms with Gasteiger partial charge in [0.05, 0.1) is 0 Å². The molecule has 0 spiro atoms. The Labute approximate surface area is 80.5 Å². The van der Waals surface area contributed by atoms with Gasteiger partial charge < -0.3 is 9.84 Å². The first-order valence-electron chi connectivity index (χ1n) is 4.14. The number of phenols is 1. The fraction of sp³-hybridized carbons (Fsp3) is 0. The topological polar surface area (TPSA) is 46.5 Å². The first kappa shape index (κ1) is 8.56. The molecule has 0 saturated carbocycles. The predicted molar refractivity (Wildman–Crippen MR) is 52.3 cm³/mol. The first-order valence-corrected chi connectivity index (χ1v) is 4.14. The smallest absolute Gasteiger partial charge is 0.298 e. The van der Waals surface area contributed by atoms with Gasteiger partial charge in [0.2, 0.25) is 0 Å². The largest absolute Gasteiger partial charge is 0.504 e. The normalized spacial score (nSPS) is 10.0. The number of fused-ring (bicyclic) bond motifs is 1. The average Bonchev–Trinajstić information content (AvgIpc) is 2.23. The predicted octanol–water partition coefficient (Wildman–Crippen LogP) is 2.08. The van der Waals surface area contributed by atoms with Crippen LogP contribution in [0.5, 0.6) is 11.5 Å². The van der Waals surface area contributed by atoms with Gasteiger partial charge in [0.25, 0.3) is 6.47 Å². The molecule has 0 saturated heterocycles. The first-order chi connectivity index (χ1) is 6.83. The summed E-state index contributed by atoms with van der Waals surface area (Å²) < 4.78 is 4.72. The second kappa shape index (κ2) is 3.38. The lowest BCUT2D eigenvalue weighted by Crippen LogP contribution is -1.90. The van der Waals surface area contributed by atoms with Crippen LogP contribution in [0.3, 0.4) is 0 Å². The molecule has 70 valence electrons. The minimum atomic E-state index is -0.0317. The van der Waals surface area contributed by atoms with Gasteiger partial charge in [0, 0.05) is 5.39 Å². The quantitative estimate of drug-likeness (QED) is 0.734. The molecule has 0 heterocycles. The van der Waals surface area contributed by atoms with E-state index in [0.717, 1.165) is 10.8 Å². The number of hydrogen-bond acceptors (Lipinski definition) is 3. The van der Waals surface area contributed by atoms with Crippen LogP contribution in [-0.2, 0) is 4.79 Å². The third-order valence-electron chi connectivity index (χ3n) is 2.02. The molecule has 14 heavy (non-hydrogen) atoms. The van der Waals surface area contributed by atoms with Gasteiger partial charge in [-0.25, -0.2) is 0 Å². The van der Waals surface area contributed by atoms with E-state index in [9.17, 15) is 9.90 Å². The maximum absolute atomic E-state index is 10.2. The monoisotopic (exact) mass is 188 g/mol. The highest BCUT2D eigenvalue weighted by Crippen LogP contribution is 2.33. The van der Waals surface area contributed by atoms with Crippen molar-refractivity contribution >= 4 is 17.2 Å². The molecule has 2 rings (SSSR count). The molecular formula is C11H8O3. The van der Waals surface area contributed by atoms with Gasteiger partial charge >= 0.3 is 0 Å². The highest BCUT2D eigenvalue weighted by Gasteiger charge is 2.06. The number of benzene rings is 2. The van der Waals surface area contributed by atoms with Gasteiger partial charge in [-0.1, -0.05) is 30.3 Å². The lowest BCUT2D eigenvalue weighted by molar-refractivity contribution is -0.120. The summed E-state index contributed by atoms with van der Waals surface area (Å²) in [4.78, 5) is 10.2. The van der Waals surface area contributed by atoms with Crippen molar-refractivity contribution in [2.45, 2.75) is 0 Å². The fourth-order valence-electron chi connectivity index (χ4n) is 1.40. The minimum Gasteiger partial charge on any atom is -0.504 e. The van der Waals surface area contributed by atoms with E-state index in [1.165, 1.54) is 6.07 Å². The number of carbonyl (C=O) groups excluding carboxylic acids is 1. The van der Waals surface area contributed by atoms with Crippen molar-refractivity contribution in [1.82, 2.24) is 0 Å². The van der Waals surface area contributed by atoms with E-state index in [1.807, 2.05) is 18.2 Å². The molecule has 2 aromatic carbocycles. The van der Waals surface area contributed by atoms with Crippen LogP contribution in [0.15, 0.2) is 36.4 Å². The van der Waals surface area contributed by atoms with Crippen LogP contribution in [0, 0.1) is 0 Å². The van der Waals surface area contributed by atoms with E-state index in [4.69, 9.17) is 4.74 Å². The van der Waals surface area contributed by atoms with Crippen molar-refractivity contribution < 1.29 is 14.6 Å². The van der Waals surface area contributed by atoms with E-state index in [0.29, 0.717) is 6.47 Å². The lowest BCUT2D eigenvalue weighted by Gasteiger charge is -2.05. The number of carbonyl (C=O) groups is 1. The summed E-state index contributed by atoms with van der Waals surface area (Å²) in [7, 11) is 0. The van der Waals surface area contributed by atoms with Crippen LogP contribution in [-0.4, -0.2) is 11.6 Å². The molecule has 3 heteroatoms.